The fourth-order valence-corrected chi connectivity index (χ4v) is 2.64. The van der Waals surface area contributed by atoms with Crippen LogP contribution >= 0.6 is 0 Å². The molecule has 1 aliphatic rings. The molecule has 2 atom stereocenters. The lowest BCUT2D eigenvalue weighted by Gasteiger charge is -2.21. The highest BCUT2D eigenvalue weighted by Gasteiger charge is 2.26. The van der Waals surface area contributed by atoms with Crippen LogP contribution in [0.5, 0.6) is 0 Å². The lowest BCUT2D eigenvalue weighted by Crippen LogP contribution is -2.41. The van der Waals surface area contributed by atoms with Crippen LogP contribution in [-0.4, -0.2) is 49.2 Å². The van der Waals surface area contributed by atoms with Gasteiger partial charge in [-0.2, -0.15) is 0 Å². The Morgan fingerprint density at radius 2 is 2.16 bits per heavy atom. The molecule has 2 unspecified atom stereocenters. The van der Waals surface area contributed by atoms with Crippen LogP contribution in [0.15, 0.2) is 0 Å². The molecule has 0 aliphatic carbocycles. The summed E-state index contributed by atoms with van der Waals surface area (Å²) in [7, 11) is 0. The van der Waals surface area contributed by atoms with Crippen molar-refractivity contribution in [1.29, 1.82) is 0 Å². The van der Waals surface area contributed by atoms with Crippen molar-refractivity contribution in [3.63, 3.8) is 0 Å². The summed E-state index contributed by atoms with van der Waals surface area (Å²) in [5.74, 6) is 0.569. The van der Waals surface area contributed by atoms with Crippen LogP contribution in [0, 0.1) is 5.92 Å². The second-order valence-corrected chi connectivity index (χ2v) is 5.74. The molecule has 0 amide bonds. The molecule has 1 fully saturated rings. The molecule has 4 heteroatoms. The monoisotopic (exact) mass is 270 g/mol. The van der Waals surface area contributed by atoms with Crippen LogP contribution in [0.3, 0.4) is 0 Å². The molecule has 1 rings (SSSR count). The van der Waals surface area contributed by atoms with Gasteiger partial charge in [0.05, 0.1) is 6.61 Å². The van der Waals surface area contributed by atoms with Crippen LogP contribution in [-0.2, 0) is 9.53 Å². The number of likely N-dealkylation sites (tertiary alicyclic amines) is 1. The summed E-state index contributed by atoms with van der Waals surface area (Å²) in [5, 5.41) is 3.41. The summed E-state index contributed by atoms with van der Waals surface area (Å²) < 4.78 is 5.12. The molecule has 19 heavy (non-hydrogen) atoms. The molecule has 1 saturated heterocycles. The summed E-state index contributed by atoms with van der Waals surface area (Å²) in [4.78, 5) is 14.3. The molecule has 0 aromatic heterocycles. The van der Waals surface area contributed by atoms with Crippen molar-refractivity contribution in [1.82, 2.24) is 10.2 Å². The lowest BCUT2D eigenvalue weighted by atomic mass is 10.1. The highest BCUT2D eigenvalue weighted by Crippen LogP contribution is 2.18. The second kappa shape index (κ2) is 8.54. The first-order valence-corrected chi connectivity index (χ1v) is 7.72. The topological polar surface area (TPSA) is 41.6 Å². The normalized spacial score (nSPS) is 21.8. The smallest absolute Gasteiger partial charge is 0.323 e. The number of hydrogen-bond donors (Lipinski definition) is 1. The SMILES string of the molecule is CCCC(NCC1CCN(C(C)C)C1)C(=O)OCC. The van der Waals surface area contributed by atoms with Gasteiger partial charge in [0, 0.05) is 19.1 Å². The summed E-state index contributed by atoms with van der Waals surface area (Å²) >= 11 is 0. The average molecular weight is 270 g/mol. The van der Waals surface area contributed by atoms with E-state index in [2.05, 4.69) is 31.0 Å². The van der Waals surface area contributed by atoms with Crippen molar-refractivity contribution in [2.24, 2.45) is 5.92 Å². The van der Waals surface area contributed by atoms with Gasteiger partial charge in [-0.3, -0.25) is 4.79 Å². The summed E-state index contributed by atoms with van der Waals surface area (Å²) in [6.07, 6.45) is 3.09. The zero-order chi connectivity index (χ0) is 14.3. The number of nitrogens with one attached hydrogen (secondary N) is 1. The van der Waals surface area contributed by atoms with Crippen molar-refractivity contribution in [3.8, 4) is 0 Å². The minimum absolute atomic E-state index is 0.0944. The number of carbonyl (C=O) groups excluding carboxylic acids is 1. The maximum Gasteiger partial charge on any atom is 0.323 e. The quantitative estimate of drug-likeness (QED) is 0.685. The van der Waals surface area contributed by atoms with E-state index in [1.165, 1.54) is 13.0 Å². The first-order valence-electron chi connectivity index (χ1n) is 7.72. The third kappa shape index (κ3) is 5.49. The zero-order valence-corrected chi connectivity index (χ0v) is 12.9. The van der Waals surface area contributed by atoms with Gasteiger partial charge in [0.2, 0.25) is 0 Å². The van der Waals surface area contributed by atoms with Crippen molar-refractivity contribution >= 4 is 5.97 Å². The van der Waals surface area contributed by atoms with Crippen LogP contribution < -0.4 is 5.32 Å². The minimum Gasteiger partial charge on any atom is -0.465 e. The van der Waals surface area contributed by atoms with E-state index in [0.717, 1.165) is 25.9 Å². The fraction of sp³-hybridized carbons (Fsp3) is 0.933. The molecule has 0 aromatic carbocycles. The number of rotatable bonds is 8. The van der Waals surface area contributed by atoms with Gasteiger partial charge in [0.1, 0.15) is 6.04 Å². The van der Waals surface area contributed by atoms with E-state index in [4.69, 9.17) is 4.74 Å². The Balaban J connectivity index is 2.34. The van der Waals surface area contributed by atoms with Crippen LogP contribution in [0.4, 0.5) is 0 Å². The first kappa shape index (κ1) is 16.4. The Labute approximate surface area is 117 Å². The maximum absolute atomic E-state index is 11.8. The van der Waals surface area contributed by atoms with Crippen molar-refractivity contribution in [3.05, 3.63) is 0 Å². The number of carbonyl (C=O) groups is 1. The minimum atomic E-state index is -0.127. The Bertz CT molecular complexity index is 269. The molecule has 1 N–H and O–H groups in total. The molecule has 0 spiro atoms. The van der Waals surface area contributed by atoms with E-state index in [-0.39, 0.29) is 12.0 Å². The van der Waals surface area contributed by atoms with Gasteiger partial charge in [0.25, 0.3) is 0 Å². The predicted octanol–water partition coefficient (Wildman–Crippen LogP) is 2.04. The molecule has 1 aliphatic heterocycles. The van der Waals surface area contributed by atoms with Crippen molar-refractivity contribution in [2.45, 2.75) is 59.0 Å². The van der Waals surface area contributed by atoms with E-state index in [9.17, 15) is 4.79 Å². The van der Waals surface area contributed by atoms with Crippen LogP contribution in [0.1, 0.15) is 47.0 Å². The van der Waals surface area contributed by atoms with E-state index in [1.807, 2.05) is 6.92 Å². The molecule has 1 heterocycles. The van der Waals surface area contributed by atoms with Crippen molar-refractivity contribution in [2.75, 3.05) is 26.2 Å². The highest BCUT2D eigenvalue weighted by molar-refractivity contribution is 5.75. The second-order valence-electron chi connectivity index (χ2n) is 5.74. The van der Waals surface area contributed by atoms with Gasteiger partial charge in [0.15, 0.2) is 0 Å². The van der Waals surface area contributed by atoms with E-state index in [0.29, 0.717) is 18.6 Å². The largest absolute Gasteiger partial charge is 0.465 e. The third-order valence-electron chi connectivity index (χ3n) is 3.85. The molecule has 4 nitrogen and oxygen atoms in total. The Kier molecular flexibility index (Phi) is 7.39. The van der Waals surface area contributed by atoms with E-state index < -0.39 is 0 Å². The molecule has 0 bridgehead atoms. The molecule has 112 valence electrons. The highest BCUT2D eigenvalue weighted by atomic mass is 16.5. The predicted molar refractivity (Wildman–Crippen MR) is 78.1 cm³/mol. The third-order valence-corrected chi connectivity index (χ3v) is 3.85. The van der Waals surface area contributed by atoms with Crippen molar-refractivity contribution < 1.29 is 9.53 Å². The fourth-order valence-electron chi connectivity index (χ4n) is 2.64. The molecular weight excluding hydrogens is 240 g/mol. The summed E-state index contributed by atoms with van der Waals surface area (Å²) in [6.45, 7) is 12.2. The number of esters is 1. The van der Waals surface area contributed by atoms with Gasteiger partial charge in [-0.1, -0.05) is 13.3 Å². The summed E-state index contributed by atoms with van der Waals surface area (Å²) in [5.41, 5.74) is 0. The summed E-state index contributed by atoms with van der Waals surface area (Å²) in [6, 6.07) is 0.500. The molecule has 0 saturated carbocycles. The average Bonchev–Trinajstić information content (AvgIpc) is 2.83. The van der Waals surface area contributed by atoms with Crippen LogP contribution in [0.25, 0.3) is 0 Å². The van der Waals surface area contributed by atoms with Gasteiger partial charge < -0.3 is 15.0 Å². The van der Waals surface area contributed by atoms with E-state index >= 15 is 0 Å². The Morgan fingerprint density at radius 3 is 2.68 bits per heavy atom. The lowest BCUT2D eigenvalue weighted by molar-refractivity contribution is -0.145. The number of hydrogen-bond acceptors (Lipinski definition) is 4. The molecular formula is C15H30N2O2. The maximum atomic E-state index is 11.8. The standard InChI is InChI=1S/C15H30N2O2/c1-5-7-14(15(18)19-6-2)16-10-13-8-9-17(11-13)12(3)4/h12-14,16H,5-11H2,1-4H3. The van der Waals surface area contributed by atoms with E-state index in [1.54, 1.807) is 0 Å². The van der Waals surface area contributed by atoms with Gasteiger partial charge >= 0.3 is 5.97 Å². The molecule has 0 aromatic rings. The van der Waals surface area contributed by atoms with Gasteiger partial charge in [-0.05, 0) is 46.1 Å². The molecule has 0 radical (unpaired) electrons. The zero-order valence-electron chi connectivity index (χ0n) is 12.9. The number of nitrogens with zero attached hydrogens (tertiary/aromatic N) is 1. The van der Waals surface area contributed by atoms with Crippen LogP contribution in [0.2, 0.25) is 0 Å². The Hall–Kier alpha value is -0.610. The van der Waals surface area contributed by atoms with Gasteiger partial charge in [-0.25, -0.2) is 0 Å². The Morgan fingerprint density at radius 1 is 1.42 bits per heavy atom. The van der Waals surface area contributed by atoms with Gasteiger partial charge in [-0.15, -0.1) is 0 Å². The first-order chi connectivity index (χ1) is 9.08. The number of ether oxygens (including phenoxy) is 1.